The normalized spacial score (nSPS) is 21.3. The van der Waals surface area contributed by atoms with Crippen LogP contribution < -0.4 is 10.2 Å². The molecule has 1 N–H and O–H groups in total. The summed E-state index contributed by atoms with van der Waals surface area (Å²) < 4.78 is 5.35. The van der Waals surface area contributed by atoms with Crippen molar-refractivity contribution in [3.05, 3.63) is 29.8 Å². The lowest BCUT2D eigenvalue weighted by atomic mass is 10.1. The highest BCUT2D eigenvalue weighted by molar-refractivity contribution is 5.99. The number of hydrogen-bond acceptors (Lipinski definition) is 4. The fraction of sp³-hybridized carbons (Fsp3) is 0.571. The summed E-state index contributed by atoms with van der Waals surface area (Å²) in [4.78, 5) is 38.6. The number of carbonyl (C=O) groups is 3. The zero-order valence-corrected chi connectivity index (χ0v) is 16.1. The molecule has 0 spiro atoms. The van der Waals surface area contributed by atoms with Crippen molar-refractivity contribution in [1.82, 2.24) is 5.32 Å². The molecule has 1 aromatic rings. The van der Waals surface area contributed by atoms with Crippen LogP contribution in [0.4, 0.5) is 5.69 Å². The first-order chi connectivity index (χ1) is 13.0. The van der Waals surface area contributed by atoms with Crippen molar-refractivity contribution in [2.24, 2.45) is 5.92 Å². The van der Waals surface area contributed by atoms with E-state index in [1.165, 1.54) is 5.56 Å². The molecular formula is C21H28N2O4. The average Bonchev–Trinajstić information content (AvgIpc) is 3.31. The lowest BCUT2D eigenvalue weighted by Gasteiger charge is -2.19. The van der Waals surface area contributed by atoms with Crippen LogP contribution in [0.1, 0.15) is 51.5 Å². The topological polar surface area (TPSA) is 75.7 Å². The minimum absolute atomic E-state index is 0.0933. The van der Waals surface area contributed by atoms with Crippen molar-refractivity contribution >= 4 is 23.5 Å². The summed E-state index contributed by atoms with van der Waals surface area (Å²) in [6.45, 7) is 3.95. The van der Waals surface area contributed by atoms with Gasteiger partial charge >= 0.3 is 5.97 Å². The predicted molar refractivity (Wildman–Crippen MR) is 102 cm³/mol. The smallest absolute Gasteiger partial charge is 0.312 e. The Morgan fingerprint density at radius 2 is 1.89 bits per heavy atom. The minimum atomic E-state index is -0.842. The van der Waals surface area contributed by atoms with Crippen LogP contribution in [0.2, 0.25) is 0 Å². The Morgan fingerprint density at radius 1 is 1.22 bits per heavy atom. The van der Waals surface area contributed by atoms with Crippen LogP contribution in [0.15, 0.2) is 24.3 Å². The highest BCUT2D eigenvalue weighted by Crippen LogP contribution is 2.26. The van der Waals surface area contributed by atoms with Crippen molar-refractivity contribution in [2.45, 2.75) is 64.5 Å². The van der Waals surface area contributed by atoms with Crippen LogP contribution in [0.25, 0.3) is 0 Å². The SMILES string of the molecule is CCc1ccc(N2C[C@H](C(=O)O[C@@H](C)C(=O)NC3CCCC3)CC2=O)cc1. The molecule has 1 saturated carbocycles. The van der Waals surface area contributed by atoms with Crippen LogP contribution in [0.5, 0.6) is 0 Å². The summed E-state index contributed by atoms with van der Waals surface area (Å²) >= 11 is 0. The minimum Gasteiger partial charge on any atom is -0.452 e. The average molecular weight is 372 g/mol. The molecule has 1 aromatic carbocycles. The summed E-state index contributed by atoms with van der Waals surface area (Å²) in [7, 11) is 0. The van der Waals surface area contributed by atoms with Gasteiger partial charge in [0.05, 0.1) is 5.92 Å². The molecule has 2 aliphatic rings. The molecule has 3 rings (SSSR count). The molecule has 0 aromatic heterocycles. The molecule has 1 aliphatic heterocycles. The van der Waals surface area contributed by atoms with Crippen LogP contribution in [0.3, 0.4) is 0 Å². The summed E-state index contributed by atoms with van der Waals surface area (Å²) in [6.07, 6.45) is 4.42. The van der Waals surface area contributed by atoms with Gasteiger partial charge in [-0.3, -0.25) is 14.4 Å². The number of amides is 2. The van der Waals surface area contributed by atoms with E-state index < -0.39 is 18.0 Å². The third-order valence-corrected chi connectivity index (χ3v) is 5.48. The van der Waals surface area contributed by atoms with E-state index in [4.69, 9.17) is 4.74 Å². The number of rotatable bonds is 6. The van der Waals surface area contributed by atoms with Gasteiger partial charge in [0, 0.05) is 24.7 Å². The summed E-state index contributed by atoms with van der Waals surface area (Å²) in [5.41, 5.74) is 1.99. The van der Waals surface area contributed by atoms with Gasteiger partial charge in [0.2, 0.25) is 5.91 Å². The zero-order chi connectivity index (χ0) is 19.4. The van der Waals surface area contributed by atoms with E-state index in [1.54, 1.807) is 11.8 Å². The van der Waals surface area contributed by atoms with E-state index in [9.17, 15) is 14.4 Å². The molecule has 2 atom stereocenters. The van der Waals surface area contributed by atoms with E-state index in [0.29, 0.717) is 6.54 Å². The molecule has 1 saturated heterocycles. The highest BCUT2D eigenvalue weighted by atomic mass is 16.5. The van der Waals surface area contributed by atoms with Gasteiger partial charge < -0.3 is 15.0 Å². The summed E-state index contributed by atoms with van der Waals surface area (Å²) in [5.74, 6) is -1.37. The largest absolute Gasteiger partial charge is 0.452 e. The third kappa shape index (κ3) is 4.67. The van der Waals surface area contributed by atoms with Crippen molar-refractivity contribution in [3.63, 3.8) is 0 Å². The molecule has 0 unspecified atom stereocenters. The molecule has 2 amide bonds. The number of hydrogen-bond donors (Lipinski definition) is 1. The van der Waals surface area contributed by atoms with Crippen LogP contribution in [0, 0.1) is 5.92 Å². The Balaban J connectivity index is 1.54. The van der Waals surface area contributed by atoms with Crippen molar-refractivity contribution in [3.8, 4) is 0 Å². The van der Waals surface area contributed by atoms with Crippen molar-refractivity contribution < 1.29 is 19.1 Å². The van der Waals surface area contributed by atoms with Gasteiger partial charge in [-0.2, -0.15) is 0 Å². The van der Waals surface area contributed by atoms with Gasteiger partial charge in [0.25, 0.3) is 5.91 Å². The highest BCUT2D eigenvalue weighted by Gasteiger charge is 2.37. The second-order valence-corrected chi connectivity index (χ2v) is 7.49. The molecule has 1 aliphatic carbocycles. The maximum Gasteiger partial charge on any atom is 0.312 e. The van der Waals surface area contributed by atoms with Crippen LogP contribution in [-0.4, -0.2) is 36.5 Å². The molecule has 6 nitrogen and oxygen atoms in total. The van der Waals surface area contributed by atoms with Crippen molar-refractivity contribution in [1.29, 1.82) is 0 Å². The van der Waals surface area contributed by atoms with Crippen LogP contribution in [-0.2, 0) is 25.5 Å². The number of nitrogens with one attached hydrogen (secondary N) is 1. The summed E-state index contributed by atoms with van der Waals surface area (Å²) in [5, 5.41) is 2.94. The standard InChI is InChI=1S/C21H28N2O4/c1-3-15-8-10-18(11-9-15)23-13-16(12-19(23)24)21(26)27-14(2)20(25)22-17-6-4-5-7-17/h8-11,14,16-17H,3-7,12-13H2,1-2H3,(H,22,25)/t14-,16+/m0/s1. The van der Waals surface area contributed by atoms with Gasteiger partial charge in [0.15, 0.2) is 6.10 Å². The lowest BCUT2D eigenvalue weighted by Crippen LogP contribution is -2.41. The lowest BCUT2D eigenvalue weighted by molar-refractivity contribution is -0.158. The fourth-order valence-electron chi connectivity index (χ4n) is 3.74. The number of ether oxygens (including phenoxy) is 1. The van der Waals surface area contributed by atoms with Crippen molar-refractivity contribution in [2.75, 3.05) is 11.4 Å². The second-order valence-electron chi connectivity index (χ2n) is 7.49. The quantitative estimate of drug-likeness (QED) is 0.779. The molecular weight excluding hydrogens is 344 g/mol. The Kier molecular flexibility index (Phi) is 6.14. The number of esters is 1. The second kappa shape index (κ2) is 8.55. The van der Waals surface area contributed by atoms with E-state index in [2.05, 4.69) is 12.2 Å². The third-order valence-electron chi connectivity index (χ3n) is 5.48. The van der Waals surface area contributed by atoms with E-state index in [0.717, 1.165) is 37.8 Å². The predicted octanol–water partition coefficient (Wildman–Crippen LogP) is 2.59. The number of aryl methyl sites for hydroxylation is 1. The maximum atomic E-state index is 12.4. The maximum absolute atomic E-state index is 12.4. The molecule has 0 radical (unpaired) electrons. The Labute approximate surface area is 160 Å². The zero-order valence-electron chi connectivity index (χ0n) is 16.1. The number of nitrogens with zero attached hydrogens (tertiary/aromatic N) is 1. The van der Waals surface area contributed by atoms with E-state index in [-0.39, 0.29) is 24.3 Å². The van der Waals surface area contributed by atoms with E-state index in [1.807, 2.05) is 24.3 Å². The molecule has 27 heavy (non-hydrogen) atoms. The fourth-order valence-corrected chi connectivity index (χ4v) is 3.74. The van der Waals surface area contributed by atoms with Gasteiger partial charge in [-0.1, -0.05) is 31.9 Å². The van der Waals surface area contributed by atoms with Gasteiger partial charge in [-0.05, 0) is 43.9 Å². The Morgan fingerprint density at radius 3 is 2.52 bits per heavy atom. The molecule has 6 heteroatoms. The first-order valence-corrected chi connectivity index (χ1v) is 9.88. The summed E-state index contributed by atoms with van der Waals surface area (Å²) in [6, 6.07) is 7.98. The molecule has 1 heterocycles. The van der Waals surface area contributed by atoms with Gasteiger partial charge in [-0.15, -0.1) is 0 Å². The monoisotopic (exact) mass is 372 g/mol. The number of benzene rings is 1. The first-order valence-electron chi connectivity index (χ1n) is 9.88. The van der Waals surface area contributed by atoms with Gasteiger partial charge in [0.1, 0.15) is 0 Å². The Bertz CT molecular complexity index is 695. The number of anilines is 1. The van der Waals surface area contributed by atoms with Crippen LogP contribution >= 0.6 is 0 Å². The molecule has 0 bridgehead atoms. The molecule has 2 fully saturated rings. The number of carbonyl (C=O) groups excluding carboxylic acids is 3. The molecule has 146 valence electrons. The first kappa shape index (κ1) is 19.4. The van der Waals surface area contributed by atoms with E-state index >= 15 is 0 Å². The Hall–Kier alpha value is -2.37. The van der Waals surface area contributed by atoms with Gasteiger partial charge in [-0.25, -0.2) is 0 Å².